The molecule has 0 amide bonds. The van der Waals surface area contributed by atoms with Crippen molar-refractivity contribution in [3.8, 4) is 11.5 Å². The molecule has 2 heterocycles. The van der Waals surface area contributed by atoms with E-state index in [1.165, 1.54) is 38.5 Å². The molecule has 2 aliphatic carbocycles. The van der Waals surface area contributed by atoms with Gasteiger partial charge in [0, 0.05) is 12.0 Å². The maximum atomic E-state index is 4.67. The summed E-state index contributed by atoms with van der Waals surface area (Å²) in [5.41, 5.74) is 4.42. The van der Waals surface area contributed by atoms with Crippen molar-refractivity contribution in [2.24, 2.45) is 0 Å². The van der Waals surface area contributed by atoms with Crippen LogP contribution in [-0.4, -0.2) is 25.7 Å². The molecule has 0 spiro atoms. The maximum Gasteiger partial charge on any atom is 0.182 e. The molecule has 4 rings (SSSR count). The quantitative estimate of drug-likeness (QED) is 0.897. The third kappa shape index (κ3) is 1.74. The second-order valence-corrected chi connectivity index (χ2v) is 5.44. The molecule has 2 fully saturated rings. The summed E-state index contributed by atoms with van der Waals surface area (Å²) in [6.45, 7) is 0. The van der Waals surface area contributed by atoms with Crippen molar-refractivity contribution in [1.82, 2.24) is 19.6 Å². The lowest BCUT2D eigenvalue weighted by Gasteiger charge is -2.17. The van der Waals surface area contributed by atoms with Gasteiger partial charge in [-0.3, -0.25) is 0 Å². The number of hydrogen-bond donors (Lipinski definition) is 1. The van der Waals surface area contributed by atoms with Gasteiger partial charge >= 0.3 is 0 Å². The van der Waals surface area contributed by atoms with Crippen LogP contribution in [0, 0.1) is 0 Å². The summed E-state index contributed by atoms with van der Waals surface area (Å²) < 4.78 is 1.96. The molecule has 0 aromatic heterocycles. The Kier molecular flexibility index (Phi) is 2.25. The molecule has 5 nitrogen and oxygen atoms in total. The van der Waals surface area contributed by atoms with Crippen LogP contribution < -0.4 is 5.43 Å². The minimum atomic E-state index is 0.559. The van der Waals surface area contributed by atoms with Crippen LogP contribution in [0.15, 0.2) is 12.5 Å². The fourth-order valence-electron chi connectivity index (χ4n) is 2.72. The molecule has 0 aromatic rings. The minimum absolute atomic E-state index is 0.559. The average molecular weight is 243 g/mol. The zero-order valence-electron chi connectivity index (χ0n) is 10.3. The Bertz CT molecular complexity index is 524. The number of hydrogen-bond acceptors (Lipinski definition) is 4. The van der Waals surface area contributed by atoms with E-state index in [1.54, 1.807) is 6.20 Å². The lowest BCUT2D eigenvalue weighted by molar-refractivity contribution is 0.645. The Balaban J connectivity index is 1.66. The van der Waals surface area contributed by atoms with Crippen molar-refractivity contribution in [1.29, 1.82) is 0 Å². The topological polar surface area (TPSA) is 55.6 Å². The average Bonchev–Trinajstić information content (AvgIpc) is 2.93. The standard InChI is InChI=1S/C13H17N5/c1-2-4-10(3-1)17-18-8-14-7-11-13(18)16-12(15-11)9-5-6-9/h7-10,17H,1-6H2. The van der Waals surface area contributed by atoms with E-state index in [9.17, 15) is 0 Å². The normalized spacial score (nSPS) is 20.7. The summed E-state index contributed by atoms with van der Waals surface area (Å²) in [6.07, 6.45) is 11.2. The van der Waals surface area contributed by atoms with E-state index in [4.69, 9.17) is 0 Å². The predicted octanol–water partition coefficient (Wildman–Crippen LogP) is 2.14. The van der Waals surface area contributed by atoms with Crippen LogP contribution in [0.25, 0.3) is 11.5 Å². The molecular weight excluding hydrogens is 226 g/mol. The number of nitrogens with one attached hydrogen (secondary N) is 1. The summed E-state index contributed by atoms with van der Waals surface area (Å²) >= 11 is 0. The van der Waals surface area contributed by atoms with Gasteiger partial charge in [-0.25, -0.2) is 19.6 Å². The SMILES string of the molecule is c1ncn(NC2CCCC2)c2nc(C3CC3)nc1-2. The van der Waals surface area contributed by atoms with Crippen LogP contribution in [0.5, 0.6) is 0 Å². The molecule has 0 atom stereocenters. The molecule has 4 aliphatic rings. The van der Waals surface area contributed by atoms with Gasteiger partial charge in [0.05, 0.1) is 6.20 Å². The van der Waals surface area contributed by atoms with E-state index in [1.807, 2.05) is 11.0 Å². The van der Waals surface area contributed by atoms with Crippen LogP contribution in [0.4, 0.5) is 0 Å². The lowest BCUT2D eigenvalue weighted by atomic mass is 10.3. The highest BCUT2D eigenvalue weighted by atomic mass is 15.5. The Hall–Kier alpha value is -1.65. The first-order valence-electron chi connectivity index (χ1n) is 6.87. The number of fused-ring (bicyclic) bond motifs is 1. The molecule has 5 heteroatoms. The van der Waals surface area contributed by atoms with Crippen LogP contribution in [-0.2, 0) is 0 Å². The van der Waals surface area contributed by atoms with Gasteiger partial charge in [0.25, 0.3) is 0 Å². The van der Waals surface area contributed by atoms with Crippen LogP contribution in [0.3, 0.4) is 0 Å². The highest BCUT2D eigenvalue weighted by Crippen LogP contribution is 2.39. The van der Waals surface area contributed by atoms with Gasteiger partial charge in [-0.1, -0.05) is 12.8 Å². The van der Waals surface area contributed by atoms with Crippen molar-refractivity contribution < 1.29 is 0 Å². The molecule has 0 unspecified atom stereocenters. The first kappa shape index (κ1) is 10.3. The molecule has 0 radical (unpaired) electrons. The third-order valence-corrected chi connectivity index (χ3v) is 3.91. The molecule has 94 valence electrons. The number of nitrogens with zero attached hydrogens (tertiary/aromatic N) is 4. The Morgan fingerprint density at radius 2 is 1.94 bits per heavy atom. The first-order valence-corrected chi connectivity index (χ1v) is 6.87. The van der Waals surface area contributed by atoms with Gasteiger partial charge in [0.2, 0.25) is 0 Å². The van der Waals surface area contributed by atoms with Gasteiger partial charge in [-0.15, -0.1) is 0 Å². The molecule has 0 aromatic carbocycles. The van der Waals surface area contributed by atoms with Gasteiger partial charge in [0.15, 0.2) is 5.82 Å². The van der Waals surface area contributed by atoms with Crippen molar-refractivity contribution in [2.45, 2.75) is 50.5 Å². The summed E-state index contributed by atoms with van der Waals surface area (Å²) in [4.78, 5) is 13.5. The molecule has 18 heavy (non-hydrogen) atoms. The maximum absolute atomic E-state index is 4.67. The van der Waals surface area contributed by atoms with E-state index >= 15 is 0 Å². The number of aromatic nitrogens is 4. The summed E-state index contributed by atoms with van der Waals surface area (Å²) in [5.74, 6) is 2.52. The van der Waals surface area contributed by atoms with E-state index in [0.29, 0.717) is 12.0 Å². The zero-order valence-corrected chi connectivity index (χ0v) is 10.3. The third-order valence-electron chi connectivity index (χ3n) is 3.91. The molecule has 0 saturated heterocycles. The fraction of sp³-hybridized carbons (Fsp3) is 0.615. The van der Waals surface area contributed by atoms with Gasteiger partial charge in [-0.05, 0) is 25.7 Å². The van der Waals surface area contributed by atoms with Crippen LogP contribution in [0.1, 0.15) is 50.3 Å². The Labute approximate surface area is 106 Å². The van der Waals surface area contributed by atoms with E-state index in [2.05, 4.69) is 20.4 Å². The molecular formula is C13H17N5. The molecule has 2 aliphatic heterocycles. The number of rotatable bonds is 3. The van der Waals surface area contributed by atoms with Gasteiger partial charge < -0.3 is 5.43 Å². The van der Waals surface area contributed by atoms with Crippen LogP contribution in [0.2, 0.25) is 0 Å². The van der Waals surface area contributed by atoms with Gasteiger partial charge in [0.1, 0.15) is 17.8 Å². The molecule has 0 bridgehead atoms. The lowest BCUT2D eigenvalue weighted by Crippen LogP contribution is -2.26. The fourth-order valence-corrected chi connectivity index (χ4v) is 2.72. The first-order chi connectivity index (χ1) is 8.90. The van der Waals surface area contributed by atoms with E-state index < -0.39 is 0 Å². The minimum Gasteiger partial charge on any atom is -0.320 e. The second kappa shape index (κ2) is 3.93. The zero-order chi connectivity index (χ0) is 11.9. The molecule has 2 saturated carbocycles. The van der Waals surface area contributed by atoms with Crippen molar-refractivity contribution >= 4 is 0 Å². The summed E-state index contributed by atoms with van der Waals surface area (Å²) in [5, 5.41) is 0. The summed E-state index contributed by atoms with van der Waals surface area (Å²) in [7, 11) is 0. The Morgan fingerprint density at radius 1 is 1.11 bits per heavy atom. The van der Waals surface area contributed by atoms with Gasteiger partial charge in [-0.2, -0.15) is 0 Å². The van der Waals surface area contributed by atoms with E-state index in [0.717, 1.165) is 17.3 Å². The van der Waals surface area contributed by atoms with Crippen molar-refractivity contribution in [3.05, 3.63) is 18.3 Å². The second-order valence-electron chi connectivity index (χ2n) is 5.44. The van der Waals surface area contributed by atoms with E-state index in [-0.39, 0.29) is 0 Å². The molecule has 1 N–H and O–H groups in total. The van der Waals surface area contributed by atoms with Crippen molar-refractivity contribution in [3.63, 3.8) is 0 Å². The van der Waals surface area contributed by atoms with Crippen molar-refractivity contribution in [2.75, 3.05) is 5.43 Å². The Morgan fingerprint density at radius 3 is 2.72 bits per heavy atom. The largest absolute Gasteiger partial charge is 0.320 e. The smallest absolute Gasteiger partial charge is 0.182 e. The van der Waals surface area contributed by atoms with Crippen LogP contribution >= 0.6 is 0 Å². The summed E-state index contributed by atoms with van der Waals surface area (Å²) in [6, 6.07) is 0.559. The monoisotopic (exact) mass is 243 g/mol. The highest BCUT2D eigenvalue weighted by Gasteiger charge is 2.30. The predicted molar refractivity (Wildman–Crippen MR) is 68.0 cm³/mol. The highest BCUT2D eigenvalue weighted by molar-refractivity contribution is 5.51. The number of imidazole rings is 1.